The van der Waals surface area contributed by atoms with Crippen LogP contribution >= 0.6 is 11.6 Å². The molecule has 38 heavy (non-hydrogen) atoms. The Bertz CT molecular complexity index is 1640. The van der Waals surface area contributed by atoms with Crippen molar-refractivity contribution < 1.29 is 31.1 Å². The second-order valence-corrected chi connectivity index (χ2v) is 8.49. The van der Waals surface area contributed by atoms with Crippen LogP contribution in [0.15, 0.2) is 60.9 Å². The molecule has 5 rings (SSSR count). The highest BCUT2D eigenvalue weighted by atomic mass is 35.5. The van der Waals surface area contributed by atoms with E-state index in [9.17, 15) is 26.3 Å². The Hall–Kier alpha value is -4.26. The van der Waals surface area contributed by atoms with Gasteiger partial charge in [0.2, 0.25) is 5.95 Å². The summed E-state index contributed by atoms with van der Waals surface area (Å²) >= 11 is 5.69. The number of rotatable bonds is 5. The molecule has 0 unspecified atom stereocenters. The topological polar surface area (TPSA) is 80.7 Å². The molecule has 2 aromatic carbocycles. The molecule has 0 fully saturated rings. The van der Waals surface area contributed by atoms with Gasteiger partial charge in [0.05, 0.1) is 27.8 Å². The molecule has 7 nitrogen and oxygen atoms in total. The first-order valence-corrected chi connectivity index (χ1v) is 11.1. The molecule has 0 atom stereocenters. The Morgan fingerprint density at radius 3 is 2.39 bits per heavy atom. The maximum Gasteiger partial charge on any atom is 0.432 e. The number of nitrogens with zero attached hydrogens (tertiary/aromatic N) is 4. The van der Waals surface area contributed by atoms with Gasteiger partial charge in [-0.25, -0.2) is 9.97 Å². The molecule has 0 spiro atoms. The van der Waals surface area contributed by atoms with E-state index in [0.717, 1.165) is 12.1 Å². The number of aryl methyl sites for hydroxylation is 1. The van der Waals surface area contributed by atoms with Gasteiger partial charge in [0.1, 0.15) is 22.9 Å². The Morgan fingerprint density at radius 1 is 0.921 bits per heavy atom. The van der Waals surface area contributed by atoms with Gasteiger partial charge >= 0.3 is 12.4 Å². The Morgan fingerprint density at radius 2 is 1.68 bits per heavy atom. The molecule has 0 bridgehead atoms. The number of anilines is 2. The molecule has 5 aromatic rings. The number of ether oxygens (including phenoxy) is 1. The maximum absolute atomic E-state index is 13.2. The number of pyridine rings is 1. The Labute approximate surface area is 215 Å². The molecule has 2 N–H and O–H groups in total. The first kappa shape index (κ1) is 25.4. The quantitative estimate of drug-likeness (QED) is 0.220. The van der Waals surface area contributed by atoms with Gasteiger partial charge in [-0.2, -0.15) is 26.3 Å². The number of fused-ring (bicyclic) bond motifs is 1. The standard InChI is InChI=1S/C24H15ClF6N6O/c1-37-19-5-3-13(38-14-6-7-32-18(10-14)21-33-11-20(36-21)24(29,30)31)9-17(19)35-22(37)34-12-2-4-16(25)15(8-12)23(26,27)28/h2-11H,1H3,(H,33,36)(H,34,35). The van der Waals surface area contributed by atoms with Crippen LogP contribution in [0, 0.1) is 0 Å². The zero-order chi connectivity index (χ0) is 27.2. The van der Waals surface area contributed by atoms with E-state index in [1.807, 2.05) is 0 Å². The molecule has 0 saturated carbocycles. The summed E-state index contributed by atoms with van der Waals surface area (Å²) in [7, 11) is 1.69. The Balaban J connectivity index is 1.39. The average Bonchev–Trinajstić information content (AvgIpc) is 3.46. The zero-order valence-corrected chi connectivity index (χ0v) is 19.9. The molecule has 3 heterocycles. The minimum atomic E-state index is -4.61. The molecule has 0 radical (unpaired) electrons. The third kappa shape index (κ3) is 5.09. The lowest BCUT2D eigenvalue weighted by molar-refractivity contribution is -0.141. The number of halogens is 7. The van der Waals surface area contributed by atoms with Crippen molar-refractivity contribution in [3.63, 3.8) is 0 Å². The summed E-state index contributed by atoms with van der Waals surface area (Å²) in [4.78, 5) is 14.4. The van der Waals surface area contributed by atoms with Crippen molar-refractivity contribution in [3.05, 3.63) is 77.2 Å². The fourth-order valence-electron chi connectivity index (χ4n) is 3.64. The number of hydrogen-bond acceptors (Lipinski definition) is 5. The number of H-pyrrole nitrogens is 1. The van der Waals surface area contributed by atoms with E-state index < -0.39 is 28.6 Å². The van der Waals surface area contributed by atoms with Crippen molar-refractivity contribution in [2.45, 2.75) is 12.4 Å². The summed E-state index contributed by atoms with van der Waals surface area (Å²) in [5, 5.41) is 2.45. The molecular weight excluding hydrogens is 538 g/mol. The lowest BCUT2D eigenvalue weighted by atomic mass is 10.2. The molecule has 14 heteroatoms. The second kappa shape index (κ2) is 9.24. The number of alkyl halides is 6. The number of imidazole rings is 2. The number of nitrogens with one attached hydrogen (secondary N) is 2. The van der Waals surface area contributed by atoms with Crippen molar-refractivity contribution >= 4 is 34.3 Å². The fourth-order valence-corrected chi connectivity index (χ4v) is 3.86. The highest BCUT2D eigenvalue weighted by Gasteiger charge is 2.34. The van der Waals surface area contributed by atoms with Crippen LogP contribution in [-0.4, -0.2) is 24.5 Å². The largest absolute Gasteiger partial charge is 0.457 e. The zero-order valence-electron chi connectivity index (χ0n) is 19.1. The highest BCUT2D eigenvalue weighted by molar-refractivity contribution is 6.31. The van der Waals surface area contributed by atoms with Gasteiger partial charge in [-0.15, -0.1) is 0 Å². The van der Waals surface area contributed by atoms with Crippen LogP contribution in [0.25, 0.3) is 22.6 Å². The van der Waals surface area contributed by atoms with Gasteiger partial charge in [0.25, 0.3) is 0 Å². The summed E-state index contributed by atoms with van der Waals surface area (Å²) in [5.41, 5.74) is -0.543. The van der Waals surface area contributed by atoms with Crippen LogP contribution in [0.3, 0.4) is 0 Å². The van der Waals surface area contributed by atoms with Gasteiger partial charge in [-0.05, 0) is 36.4 Å². The SMILES string of the molecule is Cn1c(Nc2ccc(Cl)c(C(F)(F)F)c2)nc2cc(Oc3ccnc(-c4ncc(C(F)(F)F)[nH]4)c3)ccc21. The third-order valence-corrected chi connectivity index (χ3v) is 5.80. The van der Waals surface area contributed by atoms with E-state index in [1.165, 1.54) is 24.4 Å². The molecule has 3 aromatic heterocycles. The van der Waals surface area contributed by atoms with Crippen LogP contribution < -0.4 is 10.1 Å². The maximum atomic E-state index is 13.2. The number of benzene rings is 2. The minimum Gasteiger partial charge on any atom is -0.457 e. The monoisotopic (exact) mass is 552 g/mol. The van der Waals surface area contributed by atoms with Crippen LogP contribution in [0.5, 0.6) is 11.5 Å². The van der Waals surface area contributed by atoms with E-state index in [-0.39, 0.29) is 28.9 Å². The predicted octanol–water partition coefficient (Wildman–Crippen LogP) is 7.59. The summed E-state index contributed by atoms with van der Waals surface area (Å²) in [6.45, 7) is 0. The second-order valence-electron chi connectivity index (χ2n) is 8.08. The van der Waals surface area contributed by atoms with E-state index >= 15 is 0 Å². The molecule has 0 amide bonds. The van der Waals surface area contributed by atoms with E-state index in [2.05, 4.69) is 25.3 Å². The molecule has 0 saturated heterocycles. The first-order chi connectivity index (χ1) is 17.9. The average molecular weight is 553 g/mol. The van der Waals surface area contributed by atoms with Crippen molar-refractivity contribution in [2.24, 2.45) is 7.05 Å². The van der Waals surface area contributed by atoms with Crippen LogP contribution in [0.2, 0.25) is 5.02 Å². The van der Waals surface area contributed by atoms with Gasteiger partial charge in [-0.1, -0.05) is 11.6 Å². The molecule has 0 aliphatic carbocycles. The summed E-state index contributed by atoms with van der Waals surface area (Å²) < 4.78 is 85.7. The highest BCUT2D eigenvalue weighted by Crippen LogP contribution is 2.37. The van der Waals surface area contributed by atoms with Gasteiger partial charge in [0, 0.05) is 31.1 Å². The smallest absolute Gasteiger partial charge is 0.432 e. The van der Waals surface area contributed by atoms with Gasteiger partial charge < -0.3 is 19.6 Å². The number of aromatic amines is 1. The number of aromatic nitrogens is 5. The van der Waals surface area contributed by atoms with Gasteiger partial charge in [0.15, 0.2) is 5.82 Å². The van der Waals surface area contributed by atoms with E-state index in [1.54, 1.807) is 29.8 Å². The van der Waals surface area contributed by atoms with Crippen molar-refractivity contribution in [1.29, 1.82) is 0 Å². The molecule has 196 valence electrons. The number of hydrogen-bond donors (Lipinski definition) is 2. The third-order valence-electron chi connectivity index (χ3n) is 5.47. The van der Waals surface area contributed by atoms with E-state index in [0.29, 0.717) is 23.0 Å². The van der Waals surface area contributed by atoms with Crippen LogP contribution in [-0.2, 0) is 19.4 Å². The lowest BCUT2D eigenvalue weighted by Crippen LogP contribution is -2.07. The minimum absolute atomic E-state index is 0.0745. The first-order valence-electron chi connectivity index (χ1n) is 10.8. The summed E-state index contributed by atoms with van der Waals surface area (Å²) in [6, 6.07) is 11.4. The lowest BCUT2D eigenvalue weighted by Gasteiger charge is -2.12. The van der Waals surface area contributed by atoms with E-state index in [4.69, 9.17) is 16.3 Å². The molecule has 0 aliphatic heterocycles. The van der Waals surface area contributed by atoms with Crippen molar-refractivity contribution in [3.8, 4) is 23.0 Å². The summed E-state index contributed by atoms with van der Waals surface area (Å²) in [5.74, 6) is 0.849. The predicted molar refractivity (Wildman–Crippen MR) is 127 cm³/mol. The molecule has 0 aliphatic rings. The molecular formula is C24H15ClF6N6O. The van der Waals surface area contributed by atoms with Crippen molar-refractivity contribution in [1.82, 2.24) is 24.5 Å². The normalized spacial score (nSPS) is 12.2. The van der Waals surface area contributed by atoms with Crippen molar-refractivity contribution in [2.75, 3.05) is 5.32 Å². The van der Waals surface area contributed by atoms with Gasteiger partial charge in [-0.3, -0.25) is 4.98 Å². The fraction of sp³-hybridized carbons (Fsp3) is 0.125. The van der Waals surface area contributed by atoms with Crippen LogP contribution in [0.1, 0.15) is 11.3 Å². The Kier molecular flexibility index (Phi) is 6.18. The van der Waals surface area contributed by atoms with Crippen LogP contribution in [0.4, 0.5) is 38.0 Å². The summed E-state index contributed by atoms with van der Waals surface area (Å²) in [6.07, 6.45) is -7.14.